The van der Waals surface area contributed by atoms with Gasteiger partial charge in [-0.1, -0.05) is 29.8 Å². The summed E-state index contributed by atoms with van der Waals surface area (Å²) in [5, 5.41) is 10.6. The lowest BCUT2D eigenvalue weighted by Gasteiger charge is -1.95. The Morgan fingerprint density at radius 1 is 1.00 bits per heavy atom. The van der Waals surface area contributed by atoms with E-state index in [2.05, 4.69) is 4.99 Å². The van der Waals surface area contributed by atoms with Crippen molar-refractivity contribution in [2.24, 2.45) is 4.99 Å². The number of aryl methyl sites for hydroxylation is 1. The number of aliphatic imine (C=N–C) groups is 1. The fraction of sp³-hybridized carbons (Fsp3) is 0.0526. The maximum Gasteiger partial charge on any atom is 0.363 e. The summed E-state index contributed by atoms with van der Waals surface area (Å²) in [5.74, 6) is -0.347. The molecule has 0 amide bonds. The van der Waals surface area contributed by atoms with Crippen LogP contribution in [-0.2, 0) is 9.53 Å². The van der Waals surface area contributed by atoms with E-state index < -0.39 is 10.9 Å². The van der Waals surface area contributed by atoms with E-state index >= 15 is 0 Å². The molecule has 0 aliphatic carbocycles. The summed E-state index contributed by atoms with van der Waals surface area (Å²) >= 11 is 0. The van der Waals surface area contributed by atoms with Gasteiger partial charge in [0.05, 0.1) is 4.92 Å². The number of esters is 1. The minimum absolute atomic E-state index is 0.0126. The lowest BCUT2D eigenvalue weighted by molar-refractivity contribution is -0.384. The van der Waals surface area contributed by atoms with E-state index in [9.17, 15) is 14.9 Å². The Morgan fingerprint density at radius 3 is 2.28 bits per heavy atom. The normalized spacial score (nSPS) is 15.5. The van der Waals surface area contributed by atoms with Crippen LogP contribution < -0.4 is 0 Å². The van der Waals surface area contributed by atoms with Gasteiger partial charge in [-0.3, -0.25) is 10.1 Å². The van der Waals surface area contributed by atoms with Gasteiger partial charge in [0.15, 0.2) is 5.70 Å². The largest absolute Gasteiger partial charge is 0.403 e. The number of nitro groups is 1. The molecule has 0 radical (unpaired) electrons. The average molecular weight is 334 g/mol. The van der Waals surface area contributed by atoms with Crippen molar-refractivity contribution in [2.75, 3.05) is 0 Å². The number of ether oxygens (including phenoxy) is 1. The van der Waals surface area contributed by atoms with Gasteiger partial charge < -0.3 is 4.74 Å². The van der Waals surface area contributed by atoms with Gasteiger partial charge in [0.25, 0.3) is 5.69 Å². The molecule has 0 saturated heterocycles. The Labute approximate surface area is 143 Å². The number of hydrogen-bond acceptors (Lipinski definition) is 5. The average Bonchev–Trinajstić information content (AvgIpc) is 2.94. The molecule has 1 aliphatic rings. The summed E-state index contributed by atoms with van der Waals surface area (Å²) in [7, 11) is 0. The first-order chi connectivity index (χ1) is 12.0. The highest BCUT2D eigenvalue weighted by Crippen LogP contribution is 2.19. The van der Waals surface area contributed by atoms with Crippen molar-refractivity contribution < 1.29 is 14.5 Å². The molecule has 0 atom stereocenters. The van der Waals surface area contributed by atoms with Crippen LogP contribution in [0.4, 0.5) is 5.69 Å². The summed E-state index contributed by atoms with van der Waals surface area (Å²) < 4.78 is 5.10. The molecule has 2 aromatic rings. The lowest BCUT2D eigenvalue weighted by Crippen LogP contribution is -2.01. The number of cyclic esters (lactones) is 1. The molecular weight excluding hydrogens is 320 g/mol. The summed E-state index contributed by atoms with van der Waals surface area (Å²) in [6, 6.07) is 13.7. The quantitative estimate of drug-likeness (QED) is 0.367. The predicted octanol–water partition coefficient (Wildman–Crippen LogP) is 3.91. The van der Waals surface area contributed by atoms with Crippen LogP contribution in [0.25, 0.3) is 12.2 Å². The molecule has 6 nitrogen and oxygen atoms in total. The van der Waals surface area contributed by atoms with Crippen molar-refractivity contribution in [3.63, 3.8) is 0 Å². The number of carbonyl (C=O) groups excluding carboxylic acids is 1. The van der Waals surface area contributed by atoms with Crippen molar-refractivity contribution in [3.8, 4) is 0 Å². The second kappa shape index (κ2) is 6.92. The third-order valence-corrected chi connectivity index (χ3v) is 3.54. The van der Waals surface area contributed by atoms with Crippen LogP contribution in [0.1, 0.15) is 16.7 Å². The van der Waals surface area contributed by atoms with Crippen LogP contribution >= 0.6 is 0 Å². The van der Waals surface area contributed by atoms with Crippen molar-refractivity contribution in [1.29, 1.82) is 0 Å². The van der Waals surface area contributed by atoms with Crippen molar-refractivity contribution in [2.45, 2.75) is 6.92 Å². The number of nitrogens with zero attached hydrogens (tertiary/aromatic N) is 2. The Hall–Kier alpha value is -3.54. The molecule has 124 valence electrons. The van der Waals surface area contributed by atoms with Gasteiger partial charge in [0.1, 0.15) is 0 Å². The number of nitro benzene ring substituents is 1. The van der Waals surface area contributed by atoms with Gasteiger partial charge in [-0.15, -0.1) is 0 Å². The van der Waals surface area contributed by atoms with Crippen LogP contribution in [-0.4, -0.2) is 16.8 Å². The van der Waals surface area contributed by atoms with Crippen molar-refractivity contribution >= 4 is 29.7 Å². The summed E-state index contributed by atoms with van der Waals surface area (Å²) in [5.41, 5.74) is 2.90. The zero-order valence-corrected chi connectivity index (χ0v) is 13.4. The number of rotatable bonds is 4. The van der Waals surface area contributed by atoms with Crippen LogP contribution in [0.3, 0.4) is 0 Å². The molecule has 2 aromatic carbocycles. The molecular formula is C19H14N2O4. The van der Waals surface area contributed by atoms with Gasteiger partial charge in [-0.25, -0.2) is 9.79 Å². The zero-order chi connectivity index (χ0) is 17.8. The summed E-state index contributed by atoms with van der Waals surface area (Å²) in [4.78, 5) is 26.2. The minimum Gasteiger partial charge on any atom is -0.403 e. The van der Waals surface area contributed by atoms with Gasteiger partial charge in [0, 0.05) is 18.2 Å². The van der Waals surface area contributed by atoms with Crippen LogP contribution in [0.2, 0.25) is 0 Å². The van der Waals surface area contributed by atoms with Gasteiger partial charge in [-0.2, -0.15) is 0 Å². The fourth-order valence-corrected chi connectivity index (χ4v) is 2.19. The highest BCUT2D eigenvalue weighted by molar-refractivity contribution is 6.11. The molecule has 25 heavy (non-hydrogen) atoms. The maximum atomic E-state index is 11.9. The third kappa shape index (κ3) is 4.06. The monoisotopic (exact) mass is 334 g/mol. The molecule has 0 saturated carbocycles. The molecule has 6 heteroatoms. The number of non-ortho nitro benzene ring substituents is 1. The molecule has 1 aliphatic heterocycles. The Kier molecular flexibility index (Phi) is 4.52. The molecule has 1 heterocycles. The standard InChI is InChI=1S/C19H14N2O4/c1-13-2-4-14(5-3-13)8-11-18-20-17(19(22)25-18)12-15-6-9-16(10-7-15)21(23)24/h2-12H,1H3/b11-8+,17-12-. The summed E-state index contributed by atoms with van der Waals surface area (Å²) in [6.07, 6.45) is 4.96. The van der Waals surface area contributed by atoms with E-state index in [0.29, 0.717) is 5.56 Å². The topological polar surface area (TPSA) is 81.8 Å². The molecule has 3 rings (SSSR count). The van der Waals surface area contributed by atoms with E-state index in [1.54, 1.807) is 24.3 Å². The van der Waals surface area contributed by atoms with Gasteiger partial charge in [-0.05, 0) is 42.3 Å². The highest BCUT2D eigenvalue weighted by atomic mass is 16.6. The number of hydrogen-bond donors (Lipinski definition) is 0. The molecule has 0 unspecified atom stereocenters. The second-order valence-electron chi connectivity index (χ2n) is 5.46. The van der Waals surface area contributed by atoms with E-state index in [0.717, 1.165) is 11.1 Å². The van der Waals surface area contributed by atoms with Crippen molar-refractivity contribution in [3.05, 3.63) is 87.1 Å². The van der Waals surface area contributed by atoms with E-state index in [1.165, 1.54) is 18.2 Å². The lowest BCUT2D eigenvalue weighted by atomic mass is 10.1. The molecule has 0 spiro atoms. The molecule has 0 fully saturated rings. The molecule has 0 aromatic heterocycles. The van der Waals surface area contributed by atoms with Gasteiger partial charge >= 0.3 is 5.97 Å². The Bertz CT molecular complexity index is 907. The first-order valence-corrected chi connectivity index (χ1v) is 7.53. The molecule has 0 N–H and O–H groups in total. The fourth-order valence-electron chi connectivity index (χ4n) is 2.19. The first kappa shape index (κ1) is 16.3. The zero-order valence-electron chi connectivity index (χ0n) is 13.4. The third-order valence-electron chi connectivity index (χ3n) is 3.54. The summed E-state index contributed by atoms with van der Waals surface area (Å²) in [6.45, 7) is 2.01. The molecule has 0 bridgehead atoms. The van der Waals surface area contributed by atoms with E-state index in [1.807, 2.05) is 31.2 Å². The van der Waals surface area contributed by atoms with Crippen molar-refractivity contribution in [1.82, 2.24) is 0 Å². The van der Waals surface area contributed by atoms with E-state index in [4.69, 9.17) is 4.74 Å². The number of carbonyl (C=O) groups is 1. The SMILES string of the molecule is Cc1ccc(/C=C/C2=NC(=C\c3ccc([N+](=O)[O-])cc3)/C(=O)O2)cc1. The van der Waals surface area contributed by atoms with Gasteiger partial charge in [0.2, 0.25) is 5.90 Å². The number of benzene rings is 2. The smallest absolute Gasteiger partial charge is 0.363 e. The first-order valence-electron chi connectivity index (χ1n) is 7.53. The van der Waals surface area contributed by atoms with Crippen LogP contribution in [0.5, 0.6) is 0 Å². The maximum absolute atomic E-state index is 11.9. The predicted molar refractivity (Wildman–Crippen MR) is 94.8 cm³/mol. The van der Waals surface area contributed by atoms with Crippen LogP contribution in [0, 0.1) is 17.0 Å². The Balaban J connectivity index is 1.77. The van der Waals surface area contributed by atoms with E-state index in [-0.39, 0.29) is 17.3 Å². The Morgan fingerprint density at radius 2 is 1.64 bits per heavy atom. The highest BCUT2D eigenvalue weighted by Gasteiger charge is 2.21. The second-order valence-corrected chi connectivity index (χ2v) is 5.46. The minimum atomic E-state index is -0.554. The van der Waals surface area contributed by atoms with Crippen LogP contribution in [0.15, 0.2) is 65.3 Å².